The van der Waals surface area contributed by atoms with Gasteiger partial charge in [-0.25, -0.2) is 18.7 Å². The molecule has 1 atom stereocenters. The van der Waals surface area contributed by atoms with Gasteiger partial charge in [0.2, 0.25) is 0 Å². The summed E-state index contributed by atoms with van der Waals surface area (Å²) < 4.78 is 35.9. The Hall–Kier alpha value is -3.55. The number of amides is 1. The van der Waals surface area contributed by atoms with Crippen LogP contribution >= 0.6 is 0 Å². The van der Waals surface area contributed by atoms with Gasteiger partial charge in [-0.1, -0.05) is 20.8 Å². The molecule has 0 saturated heterocycles. The van der Waals surface area contributed by atoms with Gasteiger partial charge in [0.1, 0.15) is 23.2 Å². The summed E-state index contributed by atoms with van der Waals surface area (Å²) in [6.45, 7) is 10.6. The Kier molecular flexibility index (Phi) is 6.49. The largest absolute Gasteiger partial charge is 0.495 e. The van der Waals surface area contributed by atoms with Gasteiger partial charge in [0.15, 0.2) is 0 Å². The van der Waals surface area contributed by atoms with Crippen LogP contribution in [0, 0.1) is 11.6 Å². The number of carbonyl (C=O) groups is 1. The molecule has 184 valence electrons. The summed E-state index contributed by atoms with van der Waals surface area (Å²) in [6.07, 6.45) is 1.55. The highest BCUT2D eigenvalue weighted by molar-refractivity contribution is 5.99. The predicted octanol–water partition coefficient (Wildman–Crippen LogP) is 5.88. The van der Waals surface area contributed by atoms with Gasteiger partial charge in [0.05, 0.1) is 31.1 Å². The maximum Gasteiger partial charge on any atom is 0.254 e. The van der Waals surface area contributed by atoms with Gasteiger partial charge in [-0.05, 0) is 44.2 Å². The standard InChI is InChI=1S/C27H30F2N4O2/c1-7-33-14-19-16(26(33)34)10-11-30-25(19)31-15(2)17-12-21(29)18(13-20(17)28)22-8-9-23(35-6)24(32-22)27(3,4)5/h8-13,15H,7,14H2,1-6H3,(H,30,31)/t15-/m0/s1. The molecule has 1 aliphatic heterocycles. The summed E-state index contributed by atoms with van der Waals surface area (Å²) >= 11 is 0. The molecule has 0 aliphatic carbocycles. The van der Waals surface area contributed by atoms with Crippen molar-refractivity contribution in [2.24, 2.45) is 0 Å². The van der Waals surface area contributed by atoms with Gasteiger partial charge in [-0.2, -0.15) is 0 Å². The average Bonchev–Trinajstić information content (AvgIpc) is 3.16. The molecule has 1 aromatic carbocycles. The van der Waals surface area contributed by atoms with Crippen LogP contribution in [0.15, 0.2) is 36.5 Å². The SMILES string of the molecule is CCN1Cc2c(ccnc2N[C@@H](C)c2cc(F)c(-c3ccc(OC)c(C(C)(C)C)n3)cc2F)C1=O. The molecule has 6 nitrogen and oxygen atoms in total. The summed E-state index contributed by atoms with van der Waals surface area (Å²) in [4.78, 5) is 23.1. The number of ether oxygens (including phenoxy) is 1. The molecule has 0 fully saturated rings. The van der Waals surface area contributed by atoms with Crippen LogP contribution in [0.1, 0.15) is 67.8 Å². The van der Waals surface area contributed by atoms with Crippen LogP contribution in [0.25, 0.3) is 11.3 Å². The number of rotatable bonds is 6. The second-order valence-electron chi connectivity index (χ2n) is 9.72. The van der Waals surface area contributed by atoms with E-state index < -0.39 is 17.7 Å². The first-order chi connectivity index (χ1) is 16.5. The first-order valence-corrected chi connectivity index (χ1v) is 11.6. The Morgan fingerprint density at radius 3 is 2.54 bits per heavy atom. The number of aromatic nitrogens is 2. The van der Waals surface area contributed by atoms with Crippen molar-refractivity contribution in [2.45, 2.75) is 52.6 Å². The number of carbonyl (C=O) groups excluding carboxylic acids is 1. The maximum absolute atomic E-state index is 15.3. The van der Waals surface area contributed by atoms with E-state index in [1.807, 2.05) is 27.7 Å². The molecule has 1 amide bonds. The minimum absolute atomic E-state index is 0.0520. The van der Waals surface area contributed by atoms with Gasteiger partial charge < -0.3 is 15.0 Å². The monoisotopic (exact) mass is 480 g/mol. The number of pyridine rings is 2. The number of hydrogen-bond donors (Lipinski definition) is 1. The normalized spacial score (nSPS) is 14.2. The molecular formula is C27H30F2N4O2. The summed E-state index contributed by atoms with van der Waals surface area (Å²) in [7, 11) is 1.56. The first kappa shape index (κ1) is 24.6. The lowest BCUT2D eigenvalue weighted by atomic mass is 9.90. The van der Waals surface area contributed by atoms with Crippen LogP contribution in [0.3, 0.4) is 0 Å². The quantitative estimate of drug-likeness (QED) is 0.477. The van der Waals surface area contributed by atoms with E-state index >= 15 is 8.78 Å². The van der Waals surface area contributed by atoms with Crippen LogP contribution in [0.4, 0.5) is 14.6 Å². The zero-order valence-corrected chi connectivity index (χ0v) is 20.9. The Morgan fingerprint density at radius 1 is 1.14 bits per heavy atom. The van der Waals surface area contributed by atoms with Crippen LogP contribution in [-0.2, 0) is 12.0 Å². The molecule has 8 heteroatoms. The van der Waals surface area contributed by atoms with E-state index in [0.717, 1.165) is 5.56 Å². The molecule has 0 bridgehead atoms. The second-order valence-corrected chi connectivity index (χ2v) is 9.72. The third-order valence-electron chi connectivity index (χ3n) is 6.27. The Bertz CT molecular complexity index is 1290. The summed E-state index contributed by atoms with van der Waals surface area (Å²) in [6, 6.07) is 6.82. The van der Waals surface area contributed by atoms with E-state index in [1.54, 1.807) is 43.3 Å². The fourth-order valence-electron chi connectivity index (χ4n) is 4.34. The lowest BCUT2D eigenvalue weighted by molar-refractivity contribution is 0.0787. The van der Waals surface area contributed by atoms with Crippen molar-refractivity contribution >= 4 is 11.7 Å². The molecular weight excluding hydrogens is 450 g/mol. The third-order valence-corrected chi connectivity index (χ3v) is 6.27. The Morgan fingerprint density at radius 2 is 1.89 bits per heavy atom. The number of halogens is 2. The van der Waals surface area contributed by atoms with E-state index in [9.17, 15) is 4.79 Å². The zero-order valence-electron chi connectivity index (χ0n) is 20.9. The van der Waals surface area contributed by atoms with Crippen LogP contribution in [-0.4, -0.2) is 34.4 Å². The van der Waals surface area contributed by atoms with Crippen molar-refractivity contribution in [3.63, 3.8) is 0 Å². The zero-order chi connectivity index (χ0) is 25.5. The van der Waals surface area contributed by atoms with Gasteiger partial charge >= 0.3 is 0 Å². The van der Waals surface area contributed by atoms with E-state index in [-0.39, 0.29) is 22.4 Å². The predicted molar refractivity (Wildman–Crippen MR) is 132 cm³/mol. The number of benzene rings is 1. The van der Waals surface area contributed by atoms with E-state index in [1.165, 1.54) is 12.1 Å². The number of fused-ring (bicyclic) bond motifs is 1. The molecule has 3 heterocycles. The smallest absolute Gasteiger partial charge is 0.254 e. The molecule has 0 saturated carbocycles. The topological polar surface area (TPSA) is 67.3 Å². The van der Waals surface area contributed by atoms with Crippen molar-refractivity contribution in [1.82, 2.24) is 14.9 Å². The van der Waals surface area contributed by atoms with Crippen molar-refractivity contribution < 1.29 is 18.3 Å². The average molecular weight is 481 g/mol. The second kappa shape index (κ2) is 9.24. The van der Waals surface area contributed by atoms with E-state index in [4.69, 9.17) is 4.74 Å². The molecule has 1 aliphatic rings. The number of anilines is 1. The number of nitrogens with one attached hydrogen (secondary N) is 1. The molecule has 0 unspecified atom stereocenters. The van der Waals surface area contributed by atoms with Crippen LogP contribution in [0.5, 0.6) is 5.75 Å². The fraction of sp³-hybridized carbons (Fsp3) is 0.370. The first-order valence-electron chi connectivity index (χ1n) is 11.6. The van der Waals surface area contributed by atoms with Gasteiger partial charge in [-0.3, -0.25) is 4.79 Å². The highest BCUT2D eigenvalue weighted by atomic mass is 19.1. The molecule has 4 rings (SSSR count). The lowest BCUT2D eigenvalue weighted by Crippen LogP contribution is -2.22. The molecule has 0 spiro atoms. The van der Waals surface area contributed by atoms with Gasteiger partial charge in [0.25, 0.3) is 5.91 Å². The van der Waals surface area contributed by atoms with Gasteiger partial charge in [0, 0.05) is 40.4 Å². The number of nitrogens with zero attached hydrogens (tertiary/aromatic N) is 3. The van der Waals surface area contributed by atoms with E-state index in [2.05, 4.69) is 15.3 Å². The van der Waals surface area contributed by atoms with Crippen LogP contribution in [0.2, 0.25) is 0 Å². The highest BCUT2D eigenvalue weighted by Gasteiger charge is 2.30. The van der Waals surface area contributed by atoms with Crippen molar-refractivity contribution in [2.75, 3.05) is 19.0 Å². The van der Waals surface area contributed by atoms with Crippen molar-refractivity contribution in [3.05, 3.63) is 70.5 Å². The molecule has 2 aromatic heterocycles. The van der Waals surface area contributed by atoms with Crippen LogP contribution < -0.4 is 10.1 Å². The Labute approximate surface area is 204 Å². The minimum atomic E-state index is -0.586. The number of hydrogen-bond acceptors (Lipinski definition) is 5. The molecule has 3 aromatic rings. The van der Waals surface area contributed by atoms with E-state index in [0.29, 0.717) is 41.6 Å². The lowest BCUT2D eigenvalue weighted by Gasteiger charge is -2.22. The van der Waals surface area contributed by atoms with Gasteiger partial charge in [-0.15, -0.1) is 0 Å². The van der Waals surface area contributed by atoms with Crippen molar-refractivity contribution in [1.29, 1.82) is 0 Å². The summed E-state index contributed by atoms with van der Waals surface area (Å²) in [5, 5.41) is 3.17. The Balaban J connectivity index is 1.65. The molecule has 0 radical (unpaired) electrons. The summed E-state index contributed by atoms with van der Waals surface area (Å²) in [5.41, 5.74) is 2.24. The fourth-order valence-corrected chi connectivity index (χ4v) is 4.34. The third kappa shape index (κ3) is 4.57. The van der Waals surface area contributed by atoms with Crippen molar-refractivity contribution in [3.8, 4) is 17.0 Å². The molecule has 1 N–H and O–H groups in total. The molecule has 35 heavy (non-hydrogen) atoms. The minimum Gasteiger partial charge on any atom is -0.495 e. The highest BCUT2D eigenvalue weighted by Crippen LogP contribution is 2.35. The maximum atomic E-state index is 15.3. The number of methoxy groups -OCH3 is 1. The summed E-state index contributed by atoms with van der Waals surface area (Å²) in [5.74, 6) is -0.0977.